The smallest absolute Gasteiger partial charge is 0.281 e. The minimum absolute atomic E-state index is 0.127. The first kappa shape index (κ1) is 27.8. The Hall–Kier alpha value is -3.21. The molecule has 4 rings (SSSR count). The Morgan fingerprint density at radius 2 is 1.68 bits per heavy atom. The van der Waals surface area contributed by atoms with Gasteiger partial charge in [-0.15, -0.1) is 0 Å². The normalized spacial score (nSPS) is 22.0. The van der Waals surface area contributed by atoms with Crippen LogP contribution in [0.15, 0.2) is 66.7 Å². The number of hydrogen-bond acceptors (Lipinski definition) is 5. The Morgan fingerprint density at radius 1 is 1.00 bits per heavy atom. The van der Waals surface area contributed by atoms with Gasteiger partial charge in [-0.25, -0.2) is 0 Å². The summed E-state index contributed by atoms with van der Waals surface area (Å²) in [4.78, 5) is 26.9. The number of carbonyl (C=O) groups is 2. The van der Waals surface area contributed by atoms with Gasteiger partial charge in [-0.2, -0.15) is 17.0 Å². The van der Waals surface area contributed by atoms with Crippen LogP contribution in [0.5, 0.6) is 5.75 Å². The monoisotopic (exact) mass is 540 g/mol. The third-order valence-corrected chi connectivity index (χ3v) is 9.20. The van der Waals surface area contributed by atoms with E-state index in [1.807, 2.05) is 48.6 Å². The van der Waals surface area contributed by atoms with Crippen LogP contribution >= 0.6 is 0 Å². The number of allylic oxidation sites excluding steroid dienone is 1. The predicted octanol–water partition coefficient (Wildman–Crippen LogP) is 2.37. The Bertz CT molecular complexity index is 1260. The number of piperidine rings is 1. The van der Waals surface area contributed by atoms with Gasteiger partial charge in [0.05, 0.1) is 17.0 Å². The molecule has 38 heavy (non-hydrogen) atoms. The molecule has 0 saturated carbocycles. The van der Waals surface area contributed by atoms with Crippen LogP contribution in [0, 0.1) is 5.41 Å². The zero-order chi connectivity index (χ0) is 27.2. The Morgan fingerprint density at radius 3 is 2.39 bits per heavy atom. The van der Waals surface area contributed by atoms with Gasteiger partial charge < -0.3 is 15.4 Å². The number of ether oxygens (including phenoxy) is 1. The maximum atomic E-state index is 13.9. The molecule has 1 saturated heterocycles. The van der Waals surface area contributed by atoms with Gasteiger partial charge >= 0.3 is 0 Å². The minimum Gasteiger partial charge on any atom is -0.489 e. The van der Waals surface area contributed by atoms with Gasteiger partial charge in [-0.3, -0.25) is 9.59 Å². The van der Waals surface area contributed by atoms with Gasteiger partial charge in [0.15, 0.2) is 0 Å². The molecule has 9 nitrogen and oxygen atoms in total. The fourth-order valence-electron chi connectivity index (χ4n) is 4.92. The molecular weight excluding hydrogens is 504 g/mol. The van der Waals surface area contributed by atoms with E-state index < -0.39 is 15.6 Å². The van der Waals surface area contributed by atoms with Gasteiger partial charge in [0.2, 0.25) is 5.91 Å². The van der Waals surface area contributed by atoms with Crippen molar-refractivity contribution in [3.05, 3.63) is 77.9 Å². The van der Waals surface area contributed by atoms with Crippen LogP contribution in [0.3, 0.4) is 0 Å². The fourth-order valence-corrected chi connectivity index (χ4v) is 6.02. The van der Waals surface area contributed by atoms with E-state index in [0.717, 1.165) is 5.56 Å². The number of rotatable bonds is 4. The summed E-state index contributed by atoms with van der Waals surface area (Å²) in [6.45, 7) is 0.998. The standard InChI is InChI=1S/C28H36N4O5S/c1-31(2)38(35,36)32-17-15-28(16-18-32)14-8-9-19-37-25-13-7-6-12-24(25)26(33)29-21-23(30-27(28)34)20-22-10-4-3-5-11-22/h3-13,23H,14-21H2,1-2H3,(H,29,33)(H,30,34)/b9-8+/t23-/m1/s1. The second kappa shape index (κ2) is 12.1. The molecule has 1 spiro atoms. The number of carbonyl (C=O) groups excluding carboxylic acids is 2. The van der Waals surface area contributed by atoms with E-state index in [-0.39, 0.29) is 44.1 Å². The number of benzene rings is 2. The third kappa shape index (κ3) is 6.43. The quantitative estimate of drug-likeness (QED) is 0.579. The molecule has 2 amide bonds. The molecule has 2 aromatic rings. The lowest BCUT2D eigenvalue weighted by atomic mass is 9.75. The van der Waals surface area contributed by atoms with Crippen LogP contribution in [0.4, 0.5) is 0 Å². The number of nitrogens with one attached hydrogen (secondary N) is 2. The number of para-hydroxylation sites is 1. The van der Waals surface area contributed by atoms with Crippen molar-refractivity contribution in [2.24, 2.45) is 5.41 Å². The highest BCUT2D eigenvalue weighted by atomic mass is 32.2. The van der Waals surface area contributed by atoms with E-state index >= 15 is 0 Å². The average molecular weight is 541 g/mol. The van der Waals surface area contributed by atoms with Crippen LogP contribution in [-0.4, -0.2) is 75.2 Å². The summed E-state index contributed by atoms with van der Waals surface area (Å²) in [6, 6.07) is 16.5. The van der Waals surface area contributed by atoms with Crippen molar-refractivity contribution in [2.45, 2.75) is 31.7 Å². The predicted molar refractivity (Wildman–Crippen MR) is 146 cm³/mol. The van der Waals surface area contributed by atoms with Crippen LogP contribution in [-0.2, 0) is 21.4 Å². The highest BCUT2D eigenvalue weighted by Gasteiger charge is 2.43. The molecule has 0 aromatic heterocycles. The SMILES string of the molecule is CN(C)S(=O)(=O)N1CCC2(C/C=C/COc3ccccc3C(=O)NC[C@@H](Cc3ccccc3)NC2=O)CC1. The Kier molecular flexibility index (Phi) is 8.86. The molecule has 1 atom stereocenters. The lowest BCUT2D eigenvalue weighted by Crippen LogP contribution is -2.55. The van der Waals surface area contributed by atoms with E-state index in [0.29, 0.717) is 37.0 Å². The molecule has 2 aliphatic heterocycles. The van der Waals surface area contributed by atoms with Crippen LogP contribution in [0.25, 0.3) is 0 Å². The molecule has 0 unspecified atom stereocenters. The van der Waals surface area contributed by atoms with Crippen molar-refractivity contribution >= 4 is 22.0 Å². The maximum absolute atomic E-state index is 13.9. The molecule has 10 heteroatoms. The molecule has 1 fully saturated rings. The first-order valence-electron chi connectivity index (χ1n) is 12.9. The molecular formula is C28H36N4O5S. The molecule has 204 valence electrons. The zero-order valence-corrected chi connectivity index (χ0v) is 22.7. The van der Waals surface area contributed by atoms with Crippen molar-refractivity contribution < 1.29 is 22.7 Å². The number of hydrogen-bond donors (Lipinski definition) is 2. The summed E-state index contributed by atoms with van der Waals surface area (Å²) in [5.74, 6) is 0.0933. The first-order valence-corrected chi connectivity index (χ1v) is 14.3. The lowest BCUT2D eigenvalue weighted by molar-refractivity contribution is -0.134. The summed E-state index contributed by atoms with van der Waals surface area (Å²) in [5.41, 5.74) is 0.710. The second-order valence-corrected chi connectivity index (χ2v) is 12.2. The van der Waals surface area contributed by atoms with Crippen LogP contribution in [0.1, 0.15) is 35.2 Å². The van der Waals surface area contributed by atoms with Crippen molar-refractivity contribution in [3.8, 4) is 5.75 Å². The Balaban J connectivity index is 1.61. The summed E-state index contributed by atoms with van der Waals surface area (Å²) >= 11 is 0. The van der Waals surface area contributed by atoms with Gasteiger partial charge in [-0.05, 0) is 43.4 Å². The molecule has 2 heterocycles. The number of nitrogens with zero attached hydrogens (tertiary/aromatic N) is 2. The molecule has 2 N–H and O–H groups in total. The van der Waals surface area contributed by atoms with Gasteiger partial charge in [0.1, 0.15) is 12.4 Å². The van der Waals surface area contributed by atoms with Gasteiger partial charge in [-0.1, -0.05) is 54.6 Å². The first-order chi connectivity index (χ1) is 18.2. The van der Waals surface area contributed by atoms with E-state index in [4.69, 9.17) is 4.74 Å². The largest absolute Gasteiger partial charge is 0.489 e. The van der Waals surface area contributed by atoms with E-state index in [9.17, 15) is 18.0 Å². The maximum Gasteiger partial charge on any atom is 0.281 e. The summed E-state index contributed by atoms with van der Waals surface area (Å²) in [7, 11) is -0.536. The molecule has 0 bridgehead atoms. The lowest BCUT2D eigenvalue weighted by Gasteiger charge is -2.41. The Labute approximate surface area is 225 Å². The van der Waals surface area contributed by atoms with Crippen molar-refractivity contribution in [2.75, 3.05) is 40.3 Å². The van der Waals surface area contributed by atoms with Gasteiger partial charge in [0.25, 0.3) is 16.1 Å². The topological polar surface area (TPSA) is 108 Å². The number of fused-ring (bicyclic) bond motifs is 1. The molecule has 2 aromatic carbocycles. The van der Waals surface area contributed by atoms with Crippen molar-refractivity contribution in [1.82, 2.24) is 19.2 Å². The molecule has 0 radical (unpaired) electrons. The minimum atomic E-state index is -3.56. The van der Waals surface area contributed by atoms with E-state index in [2.05, 4.69) is 10.6 Å². The second-order valence-electron chi connectivity index (χ2n) is 10.0. The highest BCUT2D eigenvalue weighted by molar-refractivity contribution is 7.86. The fraction of sp³-hybridized carbons (Fsp3) is 0.429. The summed E-state index contributed by atoms with van der Waals surface area (Å²) in [5, 5.41) is 6.17. The van der Waals surface area contributed by atoms with E-state index in [1.165, 1.54) is 22.7 Å². The molecule has 2 aliphatic rings. The average Bonchev–Trinajstić information content (AvgIpc) is 2.92. The number of amides is 2. The zero-order valence-electron chi connectivity index (χ0n) is 21.9. The highest BCUT2D eigenvalue weighted by Crippen LogP contribution is 2.37. The van der Waals surface area contributed by atoms with Crippen LogP contribution in [0.2, 0.25) is 0 Å². The van der Waals surface area contributed by atoms with Crippen molar-refractivity contribution in [3.63, 3.8) is 0 Å². The van der Waals surface area contributed by atoms with Crippen LogP contribution < -0.4 is 15.4 Å². The summed E-state index contributed by atoms with van der Waals surface area (Å²) < 4.78 is 33.9. The van der Waals surface area contributed by atoms with Crippen molar-refractivity contribution in [1.29, 1.82) is 0 Å². The van der Waals surface area contributed by atoms with Gasteiger partial charge in [0, 0.05) is 33.7 Å². The summed E-state index contributed by atoms with van der Waals surface area (Å²) in [6.07, 6.45) is 5.56. The molecule has 0 aliphatic carbocycles. The third-order valence-electron chi connectivity index (χ3n) is 7.26. The van der Waals surface area contributed by atoms with E-state index in [1.54, 1.807) is 18.2 Å².